The number of hydrogen-bond acceptors (Lipinski definition) is 5. The zero-order chi connectivity index (χ0) is 17.4. The number of nitrogens with zero attached hydrogens (tertiary/aromatic N) is 4. The first-order chi connectivity index (χ1) is 12.2. The maximum Gasteiger partial charge on any atom is 0.153 e. The summed E-state index contributed by atoms with van der Waals surface area (Å²) >= 11 is 0. The number of ether oxygens (including phenoxy) is 1. The molecule has 0 unspecified atom stereocenters. The lowest BCUT2D eigenvalue weighted by Crippen LogP contribution is -2.26. The van der Waals surface area contributed by atoms with E-state index in [4.69, 9.17) is 10.00 Å². The Balaban J connectivity index is 1.58. The van der Waals surface area contributed by atoms with Crippen LogP contribution in [0.4, 0.5) is 4.39 Å². The normalized spacial score (nSPS) is 23.7. The number of H-pyrrole nitrogens is 1. The van der Waals surface area contributed by atoms with Gasteiger partial charge in [-0.15, -0.1) is 0 Å². The molecule has 2 atom stereocenters. The maximum atomic E-state index is 14.2. The number of nitrogens with one attached hydrogen (secondary N) is 1. The molecule has 2 aromatic rings. The smallest absolute Gasteiger partial charge is 0.153 e. The Hall–Kier alpha value is -2.30. The zero-order valence-electron chi connectivity index (χ0n) is 14.1. The van der Waals surface area contributed by atoms with Crippen molar-refractivity contribution in [2.24, 2.45) is 0 Å². The minimum absolute atomic E-state index is 0.00934. The number of hydrogen-bond donors (Lipinski definition) is 1. The van der Waals surface area contributed by atoms with Gasteiger partial charge in [-0.2, -0.15) is 10.4 Å². The lowest BCUT2D eigenvalue weighted by atomic mass is 10.1. The Kier molecular flexibility index (Phi) is 4.24. The topological polar surface area (TPSA) is 77.8 Å². The number of benzene rings is 1. The largest absolute Gasteiger partial charge is 0.380 e. The maximum absolute atomic E-state index is 14.2. The van der Waals surface area contributed by atoms with Gasteiger partial charge in [-0.05, 0) is 37.5 Å². The standard InChI is InChI=1S/C18H20FN5O/c1-25-14-7-16(18-21-17(22-23-18)12-3-4-12)24(10-14)9-13-6-11(8-20)2-5-15(13)19/h2,5-6,12,14,16H,3-4,7,9-10H2,1H3,(H,21,22,23)/t14-,16+/m1/s1. The van der Waals surface area contributed by atoms with Gasteiger partial charge in [-0.25, -0.2) is 9.37 Å². The van der Waals surface area contributed by atoms with Gasteiger partial charge in [0.15, 0.2) is 5.82 Å². The number of aromatic nitrogens is 3. The SMILES string of the molecule is CO[C@@H]1C[C@@H](c2nc(C3CC3)n[nH]2)N(Cc2cc(C#N)ccc2F)C1. The molecule has 25 heavy (non-hydrogen) atoms. The molecule has 1 aromatic heterocycles. The van der Waals surface area contributed by atoms with Crippen molar-refractivity contribution in [2.45, 2.75) is 43.9 Å². The molecule has 1 saturated heterocycles. The van der Waals surface area contributed by atoms with E-state index in [-0.39, 0.29) is 18.0 Å². The molecule has 2 fully saturated rings. The van der Waals surface area contributed by atoms with Crippen LogP contribution in [0, 0.1) is 17.1 Å². The lowest BCUT2D eigenvalue weighted by molar-refractivity contribution is 0.107. The first-order valence-electron chi connectivity index (χ1n) is 8.55. The summed E-state index contributed by atoms with van der Waals surface area (Å²) in [5, 5.41) is 16.5. The summed E-state index contributed by atoms with van der Waals surface area (Å²) in [5.41, 5.74) is 0.980. The van der Waals surface area contributed by atoms with Gasteiger partial charge in [0.05, 0.1) is 23.8 Å². The summed E-state index contributed by atoms with van der Waals surface area (Å²) < 4.78 is 19.7. The van der Waals surface area contributed by atoms with E-state index in [0.29, 0.717) is 30.1 Å². The van der Waals surface area contributed by atoms with Crippen LogP contribution >= 0.6 is 0 Å². The highest BCUT2D eigenvalue weighted by Gasteiger charge is 2.37. The van der Waals surface area contributed by atoms with Crippen LogP contribution in [0.25, 0.3) is 0 Å². The van der Waals surface area contributed by atoms with Gasteiger partial charge in [0.1, 0.15) is 11.6 Å². The fourth-order valence-corrected chi connectivity index (χ4v) is 3.44. The van der Waals surface area contributed by atoms with Crippen LogP contribution in [0.2, 0.25) is 0 Å². The molecule has 7 heteroatoms. The molecular formula is C18H20FN5O. The molecule has 2 heterocycles. The molecule has 0 spiro atoms. The van der Waals surface area contributed by atoms with Gasteiger partial charge in [-0.1, -0.05) is 0 Å². The average Bonchev–Trinajstić information content (AvgIpc) is 3.22. The van der Waals surface area contributed by atoms with Gasteiger partial charge in [0.2, 0.25) is 0 Å². The Bertz CT molecular complexity index is 810. The van der Waals surface area contributed by atoms with Crippen LogP contribution in [0.15, 0.2) is 18.2 Å². The number of aromatic amines is 1. The van der Waals surface area contributed by atoms with Crippen molar-refractivity contribution in [3.05, 3.63) is 46.8 Å². The predicted octanol–water partition coefficient (Wildman–Crippen LogP) is 2.65. The van der Waals surface area contributed by atoms with Crippen molar-refractivity contribution >= 4 is 0 Å². The van der Waals surface area contributed by atoms with E-state index in [1.54, 1.807) is 13.2 Å². The molecule has 130 valence electrons. The highest BCUT2D eigenvalue weighted by molar-refractivity contribution is 5.34. The van der Waals surface area contributed by atoms with Crippen molar-refractivity contribution in [3.63, 3.8) is 0 Å². The third-order valence-corrected chi connectivity index (χ3v) is 5.02. The minimum Gasteiger partial charge on any atom is -0.380 e. The first kappa shape index (κ1) is 16.2. The van der Waals surface area contributed by atoms with Crippen LogP contribution in [-0.4, -0.2) is 39.8 Å². The van der Waals surface area contributed by atoms with E-state index in [2.05, 4.69) is 26.2 Å². The summed E-state index contributed by atoms with van der Waals surface area (Å²) in [6, 6.07) is 6.54. The van der Waals surface area contributed by atoms with E-state index in [9.17, 15) is 4.39 Å². The molecule has 0 radical (unpaired) electrons. The molecule has 0 amide bonds. The summed E-state index contributed by atoms with van der Waals surface area (Å²) in [4.78, 5) is 6.80. The second-order valence-corrected chi connectivity index (χ2v) is 6.81. The summed E-state index contributed by atoms with van der Waals surface area (Å²) in [6.45, 7) is 1.10. The van der Waals surface area contributed by atoms with Gasteiger partial charge >= 0.3 is 0 Å². The number of likely N-dealkylation sites (tertiary alicyclic amines) is 1. The van der Waals surface area contributed by atoms with E-state index >= 15 is 0 Å². The van der Waals surface area contributed by atoms with Crippen LogP contribution < -0.4 is 0 Å². The number of nitriles is 1. The third-order valence-electron chi connectivity index (χ3n) is 5.02. The summed E-state index contributed by atoms with van der Waals surface area (Å²) in [7, 11) is 1.69. The third kappa shape index (κ3) is 3.28. The molecule has 1 aliphatic carbocycles. The molecular weight excluding hydrogens is 321 g/mol. The number of halogens is 1. The Morgan fingerprint density at radius 2 is 2.28 bits per heavy atom. The minimum atomic E-state index is -0.296. The molecule has 6 nitrogen and oxygen atoms in total. The van der Waals surface area contributed by atoms with Crippen LogP contribution in [-0.2, 0) is 11.3 Å². The Morgan fingerprint density at radius 1 is 1.44 bits per heavy atom. The molecule has 1 aliphatic heterocycles. The van der Waals surface area contributed by atoms with Gasteiger partial charge in [0.25, 0.3) is 0 Å². The predicted molar refractivity (Wildman–Crippen MR) is 88.0 cm³/mol. The second-order valence-electron chi connectivity index (χ2n) is 6.81. The molecule has 0 bridgehead atoms. The van der Waals surface area contributed by atoms with Crippen LogP contribution in [0.5, 0.6) is 0 Å². The fourth-order valence-electron chi connectivity index (χ4n) is 3.44. The number of rotatable bonds is 5. The van der Waals surface area contributed by atoms with Crippen LogP contribution in [0.1, 0.15) is 54.0 Å². The van der Waals surface area contributed by atoms with Crippen molar-refractivity contribution in [1.82, 2.24) is 20.1 Å². The first-order valence-corrected chi connectivity index (χ1v) is 8.55. The Labute approximate surface area is 145 Å². The monoisotopic (exact) mass is 341 g/mol. The van der Waals surface area contributed by atoms with Crippen molar-refractivity contribution in [2.75, 3.05) is 13.7 Å². The fraction of sp³-hybridized carbons (Fsp3) is 0.500. The quantitative estimate of drug-likeness (QED) is 0.904. The average molecular weight is 341 g/mol. The summed E-state index contributed by atoms with van der Waals surface area (Å²) in [5.74, 6) is 1.89. The van der Waals surface area contributed by atoms with Gasteiger partial charge in [-0.3, -0.25) is 10.00 Å². The van der Waals surface area contributed by atoms with Crippen LogP contribution in [0.3, 0.4) is 0 Å². The second kappa shape index (κ2) is 6.54. The Morgan fingerprint density at radius 3 is 3.00 bits per heavy atom. The van der Waals surface area contributed by atoms with Crippen molar-refractivity contribution < 1.29 is 9.13 Å². The van der Waals surface area contributed by atoms with E-state index in [0.717, 1.165) is 30.9 Å². The van der Waals surface area contributed by atoms with Gasteiger partial charge in [0, 0.05) is 31.7 Å². The van der Waals surface area contributed by atoms with E-state index < -0.39 is 0 Å². The molecule has 2 aliphatic rings. The summed E-state index contributed by atoms with van der Waals surface area (Å²) in [6.07, 6.45) is 3.16. The molecule has 4 rings (SSSR count). The van der Waals surface area contributed by atoms with Crippen molar-refractivity contribution in [1.29, 1.82) is 5.26 Å². The molecule has 1 N–H and O–H groups in total. The number of methoxy groups -OCH3 is 1. The van der Waals surface area contributed by atoms with Gasteiger partial charge < -0.3 is 4.74 Å². The molecule has 1 aromatic carbocycles. The molecule has 1 saturated carbocycles. The van der Waals surface area contributed by atoms with E-state index in [1.165, 1.54) is 12.1 Å². The lowest BCUT2D eigenvalue weighted by Gasteiger charge is -2.22. The highest BCUT2D eigenvalue weighted by atomic mass is 19.1. The zero-order valence-corrected chi connectivity index (χ0v) is 14.1. The van der Waals surface area contributed by atoms with Crippen molar-refractivity contribution in [3.8, 4) is 6.07 Å². The van der Waals surface area contributed by atoms with E-state index in [1.807, 2.05) is 0 Å². The highest BCUT2D eigenvalue weighted by Crippen LogP contribution is 2.39.